The summed E-state index contributed by atoms with van der Waals surface area (Å²) in [5.74, 6) is -0.864. The number of carbonyl (C=O) groups is 3. The largest absolute Gasteiger partial charge is 0.480 e. The van der Waals surface area contributed by atoms with Crippen molar-refractivity contribution < 1.29 is 19.5 Å². The van der Waals surface area contributed by atoms with Crippen LogP contribution in [0.25, 0.3) is 0 Å². The van der Waals surface area contributed by atoms with E-state index in [2.05, 4.69) is 56.6 Å². The molecule has 0 saturated heterocycles. The number of hydrogen-bond acceptors (Lipinski definition) is 4. The number of hydrogen-bond donors (Lipinski definition) is 3. The second-order valence-electron chi connectivity index (χ2n) is 8.44. The fourth-order valence-electron chi connectivity index (χ4n) is 2.98. The summed E-state index contributed by atoms with van der Waals surface area (Å²) in [6.45, 7) is 11.7. The lowest BCUT2D eigenvalue weighted by molar-refractivity contribution is -0.141. The van der Waals surface area contributed by atoms with E-state index in [4.69, 9.17) is 0 Å². The normalized spacial score (nSPS) is 13.8. The molecule has 0 aromatic rings. The lowest BCUT2D eigenvalue weighted by Gasteiger charge is -2.20. The van der Waals surface area contributed by atoms with Crippen molar-refractivity contribution in [3.05, 3.63) is 34.9 Å². The van der Waals surface area contributed by atoms with E-state index in [1.807, 2.05) is 6.92 Å². The van der Waals surface area contributed by atoms with Crippen molar-refractivity contribution in [2.45, 2.75) is 92.2 Å². The first-order chi connectivity index (χ1) is 15.1. The average molecular weight is 467 g/mol. The lowest BCUT2D eigenvalue weighted by Crippen LogP contribution is -2.52. The van der Waals surface area contributed by atoms with E-state index in [0.717, 1.165) is 25.7 Å². The van der Waals surface area contributed by atoms with Gasteiger partial charge in [0.05, 0.1) is 0 Å². The van der Waals surface area contributed by atoms with Gasteiger partial charge in [-0.05, 0) is 59.8 Å². The van der Waals surface area contributed by atoms with Crippen LogP contribution < -0.4 is 10.6 Å². The van der Waals surface area contributed by atoms with Crippen LogP contribution in [0.2, 0.25) is 0 Å². The zero-order chi connectivity index (χ0) is 24.5. The van der Waals surface area contributed by atoms with Crippen LogP contribution in [-0.2, 0) is 14.4 Å². The van der Waals surface area contributed by atoms with Crippen molar-refractivity contribution in [2.75, 3.05) is 11.5 Å². The van der Waals surface area contributed by atoms with Crippen LogP contribution in [0.3, 0.4) is 0 Å². The maximum absolute atomic E-state index is 12.4. The van der Waals surface area contributed by atoms with E-state index < -0.39 is 24.0 Å². The molecule has 0 saturated carbocycles. The van der Waals surface area contributed by atoms with Crippen LogP contribution in [0.4, 0.5) is 0 Å². The minimum absolute atomic E-state index is 0.271. The molecule has 32 heavy (non-hydrogen) atoms. The number of aliphatic carboxylic acids is 1. The average Bonchev–Trinajstić information content (AvgIpc) is 2.69. The number of thioether (sulfide) groups is 1. The molecule has 0 aliphatic carbocycles. The predicted octanol–water partition coefficient (Wildman–Crippen LogP) is 5.01. The number of nitrogens with one attached hydrogen (secondary N) is 2. The van der Waals surface area contributed by atoms with Crippen LogP contribution in [0.15, 0.2) is 34.9 Å². The van der Waals surface area contributed by atoms with Gasteiger partial charge in [-0.25, -0.2) is 4.79 Å². The quantitative estimate of drug-likeness (QED) is 0.219. The molecule has 0 fully saturated rings. The zero-order valence-electron chi connectivity index (χ0n) is 20.6. The number of carboxylic acid groups (broad SMARTS) is 1. The molecule has 3 N–H and O–H groups in total. The number of carbonyl (C=O) groups excluding carboxylic acids is 2. The standard InChI is InChI=1S/C25H42N2O4S/c1-7-10-22(26-21(6)28)24(29)27-23(25(30)31)17-32-16-15-20(5)14-9-13-19(4)12-8-11-18(2)3/h11,13,15,22-23H,7-10,12,14,16-17H2,1-6H3,(H,26,28)(H,27,29)(H,30,31). The number of carboxylic acids is 1. The Morgan fingerprint density at radius 2 is 1.47 bits per heavy atom. The van der Waals surface area contributed by atoms with Crippen molar-refractivity contribution in [3.63, 3.8) is 0 Å². The highest BCUT2D eigenvalue weighted by atomic mass is 32.2. The van der Waals surface area contributed by atoms with E-state index >= 15 is 0 Å². The summed E-state index contributed by atoms with van der Waals surface area (Å²) in [6.07, 6.45) is 12.0. The van der Waals surface area contributed by atoms with Crippen molar-refractivity contribution in [1.82, 2.24) is 10.6 Å². The fourth-order valence-corrected chi connectivity index (χ4v) is 3.98. The van der Waals surface area contributed by atoms with Gasteiger partial charge >= 0.3 is 5.97 Å². The van der Waals surface area contributed by atoms with Gasteiger partial charge in [-0.2, -0.15) is 11.8 Å². The molecule has 0 heterocycles. The molecule has 2 atom stereocenters. The first-order valence-corrected chi connectivity index (χ1v) is 12.5. The highest BCUT2D eigenvalue weighted by Gasteiger charge is 2.25. The summed E-state index contributed by atoms with van der Waals surface area (Å²) in [5.41, 5.74) is 4.04. The van der Waals surface area contributed by atoms with Gasteiger partial charge in [-0.3, -0.25) is 9.59 Å². The van der Waals surface area contributed by atoms with Crippen molar-refractivity contribution in [2.24, 2.45) is 0 Å². The van der Waals surface area contributed by atoms with E-state index in [1.165, 1.54) is 35.4 Å². The molecule has 0 radical (unpaired) electrons. The molecule has 2 unspecified atom stereocenters. The van der Waals surface area contributed by atoms with E-state index in [-0.39, 0.29) is 11.7 Å². The topological polar surface area (TPSA) is 95.5 Å². The second kappa shape index (κ2) is 17.5. The van der Waals surface area contributed by atoms with Gasteiger partial charge in [0.15, 0.2) is 0 Å². The minimum atomic E-state index is -1.07. The Kier molecular flexibility index (Phi) is 16.4. The van der Waals surface area contributed by atoms with Gasteiger partial charge in [-0.1, -0.05) is 48.3 Å². The summed E-state index contributed by atoms with van der Waals surface area (Å²) >= 11 is 1.47. The third-order valence-corrected chi connectivity index (χ3v) is 5.81. The van der Waals surface area contributed by atoms with Gasteiger partial charge < -0.3 is 15.7 Å². The van der Waals surface area contributed by atoms with Gasteiger partial charge in [0.2, 0.25) is 11.8 Å². The molecule has 0 rings (SSSR count). The Hall–Kier alpha value is -2.02. The van der Waals surface area contributed by atoms with E-state index in [1.54, 1.807) is 0 Å². The predicted molar refractivity (Wildman–Crippen MR) is 135 cm³/mol. The highest BCUT2D eigenvalue weighted by Crippen LogP contribution is 2.13. The zero-order valence-corrected chi connectivity index (χ0v) is 21.4. The summed E-state index contributed by atoms with van der Waals surface area (Å²) in [6, 6.07) is -1.69. The SMILES string of the molecule is CCCC(NC(C)=O)C(=O)NC(CSCC=C(C)CCC=C(C)CCC=C(C)C)C(=O)O. The molecular weight excluding hydrogens is 424 g/mol. The Bertz CT molecular complexity index is 694. The first kappa shape index (κ1) is 30.0. The third-order valence-electron chi connectivity index (χ3n) is 4.84. The Morgan fingerprint density at radius 1 is 0.875 bits per heavy atom. The molecule has 0 aromatic carbocycles. The molecule has 182 valence electrons. The van der Waals surface area contributed by atoms with Gasteiger partial charge in [0.25, 0.3) is 0 Å². The van der Waals surface area contributed by atoms with Crippen LogP contribution >= 0.6 is 11.8 Å². The molecule has 2 amide bonds. The monoisotopic (exact) mass is 466 g/mol. The third kappa shape index (κ3) is 15.7. The maximum Gasteiger partial charge on any atom is 0.327 e. The summed E-state index contributed by atoms with van der Waals surface area (Å²) in [5, 5.41) is 14.6. The maximum atomic E-state index is 12.4. The molecule has 0 aliphatic heterocycles. The Balaban J connectivity index is 4.47. The minimum Gasteiger partial charge on any atom is -0.480 e. The van der Waals surface area contributed by atoms with Crippen LogP contribution in [0.1, 0.15) is 80.1 Å². The Labute approximate surface area is 198 Å². The molecule has 7 heteroatoms. The lowest BCUT2D eigenvalue weighted by atomic mass is 10.1. The second-order valence-corrected chi connectivity index (χ2v) is 9.51. The van der Waals surface area contributed by atoms with Crippen molar-refractivity contribution in [3.8, 4) is 0 Å². The summed E-state index contributed by atoms with van der Waals surface area (Å²) in [4.78, 5) is 35.2. The summed E-state index contributed by atoms with van der Waals surface area (Å²) in [7, 11) is 0. The summed E-state index contributed by atoms with van der Waals surface area (Å²) < 4.78 is 0. The molecule has 0 aromatic heterocycles. The number of rotatable bonds is 16. The molecule has 0 aliphatic rings. The smallest absolute Gasteiger partial charge is 0.327 e. The van der Waals surface area contributed by atoms with Crippen LogP contribution in [0.5, 0.6) is 0 Å². The molecule has 6 nitrogen and oxygen atoms in total. The molecule has 0 spiro atoms. The van der Waals surface area contributed by atoms with Crippen LogP contribution in [0, 0.1) is 0 Å². The van der Waals surface area contributed by atoms with Crippen LogP contribution in [-0.4, -0.2) is 46.5 Å². The number of allylic oxidation sites excluding steroid dienone is 5. The van der Waals surface area contributed by atoms with Crippen molar-refractivity contribution >= 4 is 29.5 Å². The molecule has 0 bridgehead atoms. The number of amides is 2. The van der Waals surface area contributed by atoms with E-state index in [0.29, 0.717) is 18.6 Å². The first-order valence-electron chi connectivity index (χ1n) is 11.4. The Morgan fingerprint density at radius 3 is 2.00 bits per heavy atom. The molecular formula is C25H42N2O4S. The highest BCUT2D eigenvalue weighted by molar-refractivity contribution is 7.99. The van der Waals surface area contributed by atoms with Gasteiger partial charge in [0.1, 0.15) is 12.1 Å². The van der Waals surface area contributed by atoms with Crippen molar-refractivity contribution in [1.29, 1.82) is 0 Å². The van der Waals surface area contributed by atoms with E-state index in [9.17, 15) is 19.5 Å². The van der Waals surface area contributed by atoms with Gasteiger partial charge in [0, 0.05) is 18.4 Å². The van der Waals surface area contributed by atoms with Gasteiger partial charge in [-0.15, -0.1) is 0 Å². The fraction of sp³-hybridized carbons (Fsp3) is 0.640.